The zero-order valence-electron chi connectivity index (χ0n) is 12.7. The lowest BCUT2D eigenvalue weighted by atomic mass is 10.1. The van der Waals surface area contributed by atoms with Crippen LogP contribution in [-0.2, 0) is 5.92 Å². The molecule has 1 atom stereocenters. The molecular formula is C15H19F5N2O. The molecule has 1 aliphatic heterocycles. The molecular weight excluding hydrogens is 319 g/mol. The van der Waals surface area contributed by atoms with Gasteiger partial charge in [-0.1, -0.05) is 0 Å². The van der Waals surface area contributed by atoms with Crippen LogP contribution in [0.2, 0.25) is 0 Å². The molecule has 0 amide bonds. The number of hydrogen-bond acceptors (Lipinski definition) is 3. The average Bonchev–Trinajstić information content (AvgIpc) is 2.89. The number of rotatable bonds is 5. The fourth-order valence-corrected chi connectivity index (χ4v) is 2.63. The highest BCUT2D eigenvalue weighted by atomic mass is 19.4. The molecule has 1 heterocycles. The van der Waals surface area contributed by atoms with E-state index in [1.54, 1.807) is 6.92 Å². The van der Waals surface area contributed by atoms with Crippen LogP contribution in [0, 0.1) is 0 Å². The van der Waals surface area contributed by atoms with Gasteiger partial charge in [0.05, 0.1) is 5.56 Å². The minimum atomic E-state index is -5.70. The van der Waals surface area contributed by atoms with Gasteiger partial charge in [0, 0.05) is 18.3 Å². The number of benzene rings is 1. The molecule has 0 saturated carbocycles. The third-order valence-electron chi connectivity index (χ3n) is 3.74. The molecule has 0 bridgehead atoms. The molecule has 1 aromatic rings. The third kappa shape index (κ3) is 4.04. The summed E-state index contributed by atoms with van der Waals surface area (Å²) in [7, 11) is 0. The van der Waals surface area contributed by atoms with Gasteiger partial charge in [-0.3, -0.25) is 4.90 Å². The van der Waals surface area contributed by atoms with Crippen molar-refractivity contribution in [1.29, 1.82) is 0 Å². The van der Waals surface area contributed by atoms with Crippen molar-refractivity contribution in [2.75, 3.05) is 25.4 Å². The maximum Gasteiger partial charge on any atom is 0.458 e. The molecule has 0 aliphatic carbocycles. The summed E-state index contributed by atoms with van der Waals surface area (Å²) in [5.74, 6) is -5.53. The number of nitrogen functional groups attached to an aromatic ring is 1. The minimum Gasteiger partial charge on any atom is -0.489 e. The van der Waals surface area contributed by atoms with Crippen LogP contribution in [0.4, 0.5) is 27.6 Å². The van der Waals surface area contributed by atoms with Gasteiger partial charge in [-0.15, -0.1) is 0 Å². The largest absolute Gasteiger partial charge is 0.489 e. The van der Waals surface area contributed by atoms with Crippen LogP contribution in [-0.4, -0.2) is 36.8 Å². The third-order valence-corrected chi connectivity index (χ3v) is 3.74. The Hall–Kier alpha value is -1.57. The first kappa shape index (κ1) is 17.8. The molecule has 0 spiro atoms. The smallest absolute Gasteiger partial charge is 0.458 e. The summed E-state index contributed by atoms with van der Waals surface area (Å²) >= 11 is 0. The van der Waals surface area contributed by atoms with E-state index in [4.69, 9.17) is 10.5 Å². The fourth-order valence-electron chi connectivity index (χ4n) is 2.63. The standard InChI is InChI=1S/C15H19F5N2O/c1-10(9-22-6-2-3-7-22)23-13-8-11(21)4-5-12(13)14(16,17)15(18,19)20/h4-5,8,10H,2-3,6-7,9,21H2,1H3. The molecule has 1 fully saturated rings. The van der Waals surface area contributed by atoms with Gasteiger partial charge in [0.1, 0.15) is 11.9 Å². The number of alkyl halides is 5. The van der Waals surface area contributed by atoms with Gasteiger partial charge in [0.25, 0.3) is 0 Å². The number of hydrogen-bond donors (Lipinski definition) is 1. The second kappa shape index (κ2) is 6.51. The topological polar surface area (TPSA) is 38.5 Å². The Balaban J connectivity index is 2.21. The van der Waals surface area contributed by atoms with E-state index in [1.807, 2.05) is 0 Å². The van der Waals surface area contributed by atoms with Crippen molar-refractivity contribution in [2.24, 2.45) is 0 Å². The number of likely N-dealkylation sites (tertiary alicyclic amines) is 1. The van der Waals surface area contributed by atoms with Gasteiger partial charge < -0.3 is 10.5 Å². The van der Waals surface area contributed by atoms with Crippen molar-refractivity contribution < 1.29 is 26.7 Å². The molecule has 1 aromatic carbocycles. The van der Waals surface area contributed by atoms with Gasteiger partial charge in [-0.2, -0.15) is 22.0 Å². The van der Waals surface area contributed by atoms with E-state index >= 15 is 0 Å². The predicted molar refractivity (Wildman–Crippen MR) is 76.6 cm³/mol. The molecule has 1 unspecified atom stereocenters. The zero-order chi connectivity index (χ0) is 17.3. The van der Waals surface area contributed by atoms with Crippen molar-refractivity contribution in [3.8, 4) is 5.75 Å². The van der Waals surface area contributed by atoms with E-state index in [0.717, 1.165) is 38.1 Å². The summed E-state index contributed by atoms with van der Waals surface area (Å²) in [6, 6.07) is 2.68. The number of anilines is 1. The summed E-state index contributed by atoms with van der Waals surface area (Å²) in [5, 5.41) is 0. The minimum absolute atomic E-state index is 0.0649. The normalized spacial score (nSPS) is 18.2. The van der Waals surface area contributed by atoms with E-state index in [9.17, 15) is 22.0 Å². The average molecular weight is 338 g/mol. The Morgan fingerprint density at radius 2 is 1.78 bits per heavy atom. The number of nitrogens with two attached hydrogens (primary N) is 1. The Labute approximate surface area is 131 Å². The van der Waals surface area contributed by atoms with Crippen LogP contribution in [0.15, 0.2) is 18.2 Å². The highest BCUT2D eigenvalue weighted by Gasteiger charge is 2.60. The summed E-state index contributed by atoms with van der Waals surface area (Å²) in [6.07, 6.45) is -4.14. The van der Waals surface area contributed by atoms with Crippen LogP contribution < -0.4 is 10.5 Å². The fraction of sp³-hybridized carbons (Fsp3) is 0.600. The Morgan fingerprint density at radius 3 is 2.35 bits per heavy atom. The van der Waals surface area contributed by atoms with Gasteiger partial charge in [-0.05, 0) is 45.0 Å². The van der Waals surface area contributed by atoms with Gasteiger partial charge >= 0.3 is 12.1 Å². The Kier molecular flexibility index (Phi) is 5.03. The monoisotopic (exact) mass is 338 g/mol. The highest BCUT2D eigenvalue weighted by Crippen LogP contribution is 2.47. The molecule has 2 N–H and O–H groups in total. The maximum atomic E-state index is 13.7. The zero-order valence-corrected chi connectivity index (χ0v) is 12.7. The first-order valence-electron chi connectivity index (χ1n) is 7.35. The van der Waals surface area contributed by atoms with Gasteiger partial charge in [0.15, 0.2) is 0 Å². The lowest BCUT2D eigenvalue weighted by Gasteiger charge is -2.26. The molecule has 23 heavy (non-hydrogen) atoms. The van der Waals surface area contributed by atoms with E-state index < -0.39 is 29.5 Å². The van der Waals surface area contributed by atoms with E-state index in [2.05, 4.69) is 4.90 Å². The first-order chi connectivity index (χ1) is 10.6. The number of ether oxygens (including phenoxy) is 1. The van der Waals surface area contributed by atoms with Crippen LogP contribution in [0.3, 0.4) is 0 Å². The molecule has 8 heteroatoms. The second-order valence-electron chi connectivity index (χ2n) is 5.76. The molecule has 0 radical (unpaired) electrons. The molecule has 2 rings (SSSR count). The lowest BCUT2D eigenvalue weighted by Crippen LogP contribution is -2.36. The summed E-state index contributed by atoms with van der Waals surface area (Å²) in [4.78, 5) is 2.08. The van der Waals surface area contributed by atoms with Crippen LogP contribution in [0.1, 0.15) is 25.3 Å². The van der Waals surface area contributed by atoms with Crippen molar-refractivity contribution in [1.82, 2.24) is 4.90 Å². The summed E-state index contributed by atoms with van der Waals surface area (Å²) in [6.45, 7) is 3.84. The number of halogens is 5. The van der Waals surface area contributed by atoms with Gasteiger partial charge in [-0.25, -0.2) is 0 Å². The molecule has 130 valence electrons. The van der Waals surface area contributed by atoms with E-state index in [1.165, 1.54) is 0 Å². The highest BCUT2D eigenvalue weighted by molar-refractivity contribution is 5.50. The predicted octanol–water partition coefficient (Wildman–Crippen LogP) is 3.79. The number of nitrogens with zero attached hydrogens (tertiary/aromatic N) is 1. The SMILES string of the molecule is CC(CN1CCCC1)Oc1cc(N)ccc1C(F)(F)C(F)(F)F. The van der Waals surface area contributed by atoms with Crippen LogP contribution >= 0.6 is 0 Å². The van der Waals surface area contributed by atoms with Crippen molar-refractivity contribution in [3.05, 3.63) is 23.8 Å². The molecule has 1 saturated heterocycles. The lowest BCUT2D eigenvalue weighted by molar-refractivity contribution is -0.289. The van der Waals surface area contributed by atoms with Gasteiger partial charge in [0.2, 0.25) is 0 Å². The molecule has 3 nitrogen and oxygen atoms in total. The van der Waals surface area contributed by atoms with E-state index in [-0.39, 0.29) is 5.69 Å². The quantitative estimate of drug-likeness (QED) is 0.656. The van der Waals surface area contributed by atoms with Crippen LogP contribution in [0.5, 0.6) is 5.75 Å². The molecule has 1 aliphatic rings. The van der Waals surface area contributed by atoms with Crippen molar-refractivity contribution in [2.45, 2.75) is 38.0 Å². The van der Waals surface area contributed by atoms with Crippen molar-refractivity contribution >= 4 is 5.69 Å². The molecule has 0 aromatic heterocycles. The summed E-state index contributed by atoms with van der Waals surface area (Å²) in [5.41, 5.74) is 4.35. The second-order valence-corrected chi connectivity index (χ2v) is 5.76. The first-order valence-corrected chi connectivity index (χ1v) is 7.35. The van der Waals surface area contributed by atoms with Crippen molar-refractivity contribution in [3.63, 3.8) is 0 Å². The van der Waals surface area contributed by atoms with E-state index in [0.29, 0.717) is 12.6 Å². The summed E-state index contributed by atoms with van der Waals surface area (Å²) < 4.78 is 70.5. The maximum absolute atomic E-state index is 13.7. The Bertz CT molecular complexity index is 541. The Morgan fingerprint density at radius 1 is 1.17 bits per heavy atom. The van der Waals surface area contributed by atoms with Crippen LogP contribution in [0.25, 0.3) is 0 Å².